The maximum atomic E-state index is 12.7. The molecule has 27 heavy (non-hydrogen) atoms. The minimum atomic E-state index is -0.730. The van der Waals surface area contributed by atoms with E-state index in [0.29, 0.717) is 23.4 Å². The van der Waals surface area contributed by atoms with Gasteiger partial charge in [-0.3, -0.25) is 9.59 Å². The Morgan fingerprint density at radius 1 is 1.22 bits per heavy atom. The summed E-state index contributed by atoms with van der Waals surface area (Å²) in [6, 6.07) is 0. The molecule has 0 fully saturated rings. The largest absolute Gasteiger partial charge is 0.452 e. The minimum Gasteiger partial charge on any atom is -0.452 e. The number of anilines is 1. The van der Waals surface area contributed by atoms with Crippen LogP contribution < -0.4 is 10.6 Å². The molecule has 0 atom stereocenters. The zero-order valence-electron chi connectivity index (χ0n) is 16.1. The van der Waals surface area contributed by atoms with Crippen LogP contribution in [0, 0.1) is 12.3 Å². The molecular weight excluding hydrogens is 364 g/mol. The molecule has 2 rings (SSSR count). The molecule has 2 N–H and O–H groups in total. The van der Waals surface area contributed by atoms with Crippen LogP contribution in [0.2, 0.25) is 0 Å². The van der Waals surface area contributed by atoms with Crippen LogP contribution in [0.5, 0.6) is 0 Å². The molecule has 0 radical (unpaired) electrons. The summed E-state index contributed by atoms with van der Waals surface area (Å²) < 4.78 is 5.25. The second-order valence-electron chi connectivity index (χ2n) is 6.65. The number of esters is 1. The fourth-order valence-corrected chi connectivity index (χ4v) is 4.53. The van der Waals surface area contributed by atoms with Crippen LogP contribution in [-0.2, 0) is 27.2 Å². The van der Waals surface area contributed by atoms with Crippen LogP contribution in [0.15, 0.2) is 0 Å². The highest BCUT2D eigenvalue weighted by atomic mass is 32.1. The average molecular weight is 391 g/mol. The number of carbonyl (C=O) groups is 3. The van der Waals surface area contributed by atoms with Crippen molar-refractivity contribution in [2.24, 2.45) is 0 Å². The quantitative estimate of drug-likeness (QED) is 0.554. The van der Waals surface area contributed by atoms with E-state index in [1.165, 1.54) is 18.3 Å². The standard InChI is InChI=1S/C20H26N2O4S/c1-5-20(6-2,7-3)22-16(24)12-26-19(25)17-14-10-8-9-11-15(14)27-18(17)21-13(4)23/h1H,6-12H2,2-4H3,(H,21,23)(H,22,24). The van der Waals surface area contributed by atoms with Crippen molar-refractivity contribution in [1.29, 1.82) is 0 Å². The number of nitrogens with one attached hydrogen (secondary N) is 2. The smallest absolute Gasteiger partial charge is 0.341 e. The molecule has 1 aliphatic carbocycles. The highest BCUT2D eigenvalue weighted by Crippen LogP contribution is 2.38. The van der Waals surface area contributed by atoms with E-state index in [1.807, 2.05) is 13.8 Å². The lowest BCUT2D eigenvalue weighted by molar-refractivity contribution is -0.125. The summed E-state index contributed by atoms with van der Waals surface area (Å²) >= 11 is 1.41. The highest BCUT2D eigenvalue weighted by molar-refractivity contribution is 7.17. The number of carbonyl (C=O) groups excluding carboxylic acids is 3. The Balaban J connectivity index is 2.12. The number of terminal acetylenes is 1. The fraction of sp³-hybridized carbons (Fsp3) is 0.550. The summed E-state index contributed by atoms with van der Waals surface area (Å²) in [4.78, 5) is 37.5. The van der Waals surface area contributed by atoms with Gasteiger partial charge in [0.2, 0.25) is 5.91 Å². The van der Waals surface area contributed by atoms with Gasteiger partial charge in [0.25, 0.3) is 5.91 Å². The summed E-state index contributed by atoms with van der Waals surface area (Å²) in [7, 11) is 0. The van der Waals surface area contributed by atoms with Crippen molar-refractivity contribution < 1.29 is 19.1 Å². The van der Waals surface area contributed by atoms with Gasteiger partial charge in [0.05, 0.1) is 5.56 Å². The molecule has 0 bridgehead atoms. The van der Waals surface area contributed by atoms with Crippen molar-refractivity contribution in [2.45, 2.75) is 64.8 Å². The van der Waals surface area contributed by atoms with Gasteiger partial charge >= 0.3 is 5.97 Å². The monoisotopic (exact) mass is 390 g/mol. The lowest BCUT2D eigenvalue weighted by atomic mass is 9.94. The third kappa shape index (κ3) is 4.89. The molecule has 2 amide bonds. The normalized spacial score (nSPS) is 13.3. The van der Waals surface area contributed by atoms with Crippen molar-refractivity contribution in [1.82, 2.24) is 5.32 Å². The predicted molar refractivity (Wildman–Crippen MR) is 106 cm³/mol. The van der Waals surface area contributed by atoms with Crippen LogP contribution in [0.4, 0.5) is 5.00 Å². The Morgan fingerprint density at radius 3 is 2.48 bits per heavy atom. The fourth-order valence-electron chi connectivity index (χ4n) is 3.20. The van der Waals surface area contributed by atoms with Gasteiger partial charge in [0.1, 0.15) is 10.5 Å². The third-order valence-electron chi connectivity index (χ3n) is 4.86. The van der Waals surface area contributed by atoms with E-state index in [2.05, 4.69) is 16.6 Å². The molecule has 0 aliphatic heterocycles. The van der Waals surface area contributed by atoms with Crippen LogP contribution in [0.1, 0.15) is 67.3 Å². The van der Waals surface area contributed by atoms with Gasteiger partial charge in [-0.1, -0.05) is 19.8 Å². The van der Waals surface area contributed by atoms with E-state index >= 15 is 0 Å². The molecule has 0 unspecified atom stereocenters. The SMILES string of the molecule is C#CC(CC)(CC)NC(=O)COC(=O)c1c(NC(C)=O)sc2c1CCCC2. The van der Waals surface area contributed by atoms with Crippen LogP contribution in [0.25, 0.3) is 0 Å². The summed E-state index contributed by atoms with van der Waals surface area (Å²) in [5.74, 6) is 1.34. The van der Waals surface area contributed by atoms with Gasteiger partial charge in [0.15, 0.2) is 6.61 Å². The Kier molecular flexibility index (Phi) is 7.03. The number of thiophene rings is 1. The van der Waals surface area contributed by atoms with Crippen molar-refractivity contribution in [3.8, 4) is 12.3 Å². The Bertz CT molecular complexity index is 772. The van der Waals surface area contributed by atoms with E-state index < -0.39 is 24.0 Å². The second-order valence-corrected chi connectivity index (χ2v) is 7.76. The van der Waals surface area contributed by atoms with Gasteiger partial charge in [0, 0.05) is 11.8 Å². The Labute approximate surface area is 164 Å². The van der Waals surface area contributed by atoms with Crippen molar-refractivity contribution in [3.63, 3.8) is 0 Å². The zero-order valence-corrected chi connectivity index (χ0v) is 16.9. The molecule has 1 heterocycles. The van der Waals surface area contributed by atoms with Gasteiger partial charge in [-0.2, -0.15) is 0 Å². The molecule has 0 saturated carbocycles. The first kappa shape index (κ1) is 21.0. The predicted octanol–water partition coefficient (Wildman–Crippen LogP) is 3.05. The van der Waals surface area contributed by atoms with E-state index in [0.717, 1.165) is 36.1 Å². The van der Waals surface area contributed by atoms with E-state index in [-0.39, 0.29) is 5.91 Å². The zero-order chi connectivity index (χ0) is 20.0. The second kappa shape index (κ2) is 9.05. The summed E-state index contributed by atoms with van der Waals surface area (Å²) in [5.41, 5.74) is 0.583. The number of hydrogen-bond donors (Lipinski definition) is 2. The van der Waals surface area contributed by atoms with Crippen molar-refractivity contribution in [2.75, 3.05) is 11.9 Å². The summed E-state index contributed by atoms with van der Waals surface area (Å²) in [5, 5.41) is 5.99. The Hall–Kier alpha value is -2.33. The van der Waals surface area contributed by atoms with Gasteiger partial charge < -0.3 is 15.4 Å². The molecule has 7 heteroatoms. The maximum Gasteiger partial charge on any atom is 0.341 e. The summed E-state index contributed by atoms with van der Waals surface area (Å²) in [6.45, 7) is 4.78. The van der Waals surface area contributed by atoms with Crippen LogP contribution in [0.3, 0.4) is 0 Å². The molecule has 0 spiro atoms. The number of ether oxygens (including phenoxy) is 1. The first-order chi connectivity index (χ1) is 12.9. The van der Waals surface area contributed by atoms with Gasteiger partial charge in [-0.25, -0.2) is 4.79 Å². The number of amides is 2. The number of fused-ring (bicyclic) bond motifs is 1. The molecule has 0 saturated heterocycles. The van der Waals surface area contributed by atoms with E-state index in [9.17, 15) is 14.4 Å². The number of hydrogen-bond acceptors (Lipinski definition) is 5. The van der Waals surface area contributed by atoms with E-state index in [4.69, 9.17) is 11.2 Å². The minimum absolute atomic E-state index is 0.245. The third-order valence-corrected chi connectivity index (χ3v) is 6.07. The van der Waals surface area contributed by atoms with Gasteiger partial charge in [-0.15, -0.1) is 17.8 Å². The lowest BCUT2D eigenvalue weighted by Crippen LogP contribution is -2.48. The topological polar surface area (TPSA) is 84.5 Å². The number of aryl methyl sites for hydroxylation is 1. The average Bonchev–Trinajstić information content (AvgIpc) is 3.01. The number of rotatable bonds is 7. The van der Waals surface area contributed by atoms with Crippen molar-refractivity contribution >= 4 is 34.1 Å². The highest BCUT2D eigenvalue weighted by Gasteiger charge is 2.29. The summed E-state index contributed by atoms with van der Waals surface area (Å²) in [6.07, 6.45) is 10.4. The first-order valence-electron chi connectivity index (χ1n) is 9.23. The molecule has 6 nitrogen and oxygen atoms in total. The molecule has 1 aromatic heterocycles. The molecule has 1 aromatic rings. The molecule has 146 valence electrons. The Morgan fingerprint density at radius 2 is 1.89 bits per heavy atom. The van der Waals surface area contributed by atoms with Crippen LogP contribution >= 0.6 is 11.3 Å². The molecular formula is C20H26N2O4S. The molecule has 0 aromatic carbocycles. The van der Waals surface area contributed by atoms with E-state index in [1.54, 1.807) is 0 Å². The van der Waals surface area contributed by atoms with Crippen molar-refractivity contribution in [3.05, 3.63) is 16.0 Å². The lowest BCUT2D eigenvalue weighted by Gasteiger charge is -2.26. The van der Waals surface area contributed by atoms with Gasteiger partial charge in [-0.05, 0) is 44.1 Å². The first-order valence-corrected chi connectivity index (χ1v) is 10.1. The maximum absolute atomic E-state index is 12.7. The van der Waals surface area contributed by atoms with Crippen LogP contribution in [-0.4, -0.2) is 29.9 Å². The molecule has 1 aliphatic rings.